The molecule has 3 amide bonds. The van der Waals surface area contributed by atoms with Crippen LogP contribution in [-0.4, -0.2) is 60.3 Å². The van der Waals surface area contributed by atoms with Crippen molar-refractivity contribution in [2.45, 2.75) is 25.8 Å². The molecule has 8 heteroatoms. The van der Waals surface area contributed by atoms with Crippen LogP contribution in [0.2, 0.25) is 0 Å². The minimum Gasteiger partial charge on any atom is -0.481 e. The van der Waals surface area contributed by atoms with E-state index < -0.39 is 17.9 Å². The molecule has 20 heavy (non-hydrogen) atoms. The highest BCUT2D eigenvalue weighted by molar-refractivity contribution is 5.86. The molecule has 1 rings (SSSR count). The first-order chi connectivity index (χ1) is 9.41. The number of carbonyl (C=O) groups excluding carboxylic acids is 2. The van der Waals surface area contributed by atoms with Gasteiger partial charge in [0.1, 0.15) is 6.04 Å². The number of ether oxygens (including phenoxy) is 1. The van der Waals surface area contributed by atoms with Crippen LogP contribution in [-0.2, 0) is 14.3 Å². The molecule has 0 radical (unpaired) electrons. The summed E-state index contributed by atoms with van der Waals surface area (Å²) in [4.78, 5) is 35.0. The van der Waals surface area contributed by atoms with E-state index >= 15 is 0 Å². The number of nitrogens with zero attached hydrogens (tertiary/aromatic N) is 1. The number of nitrogens with two attached hydrogens (primary N) is 1. The number of urea groups is 1. The number of amides is 3. The molecule has 1 heterocycles. The van der Waals surface area contributed by atoms with Crippen LogP contribution in [0, 0.1) is 5.92 Å². The topological polar surface area (TPSA) is 122 Å². The van der Waals surface area contributed by atoms with Crippen LogP contribution in [0.3, 0.4) is 0 Å². The van der Waals surface area contributed by atoms with Gasteiger partial charge in [-0.25, -0.2) is 4.79 Å². The lowest BCUT2D eigenvalue weighted by atomic mass is 10.1. The summed E-state index contributed by atoms with van der Waals surface area (Å²) in [6.45, 7) is 3.00. The number of carboxylic acid groups (broad SMARTS) is 1. The molecular formula is C12H21N3O5. The predicted molar refractivity (Wildman–Crippen MR) is 69.9 cm³/mol. The average Bonchev–Trinajstić information content (AvgIpc) is 2.42. The summed E-state index contributed by atoms with van der Waals surface area (Å²) in [5.74, 6) is -1.41. The van der Waals surface area contributed by atoms with Crippen LogP contribution in [0.25, 0.3) is 0 Å². The number of primary amides is 1. The lowest BCUT2D eigenvalue weighted by Crippen LogP contribution is -2.57. The first-order valence-electron chi connectivity index (χ1n) is 6.55. The van der Waals surface area contributed by atoms with Gasteiger partial charge in [0.2, 0.25) is 5.91 Å². The van der Waals surface area contributed by atoms with E-state index in [0.29, 0.717) is 26.1 Å². The van der Waals surface area contributed by atoms with Crippen LogP contribution in [0.15, 0.2) is 0 Å². The number of carbonyl (C=O) groups is 3. The third-order valence-electron chi connectivity index (χ3n) is 3.17. The van der Waals surface area contributed by atoms with Crippen molar-refractivity contribution in [3.8, 4) is 0 Å². The second-order valence-electron chi connectivity index (χ2n) is 4.91. The summed E-state index contributed by atoms with van der Waals surface area (Å²) >= 11 is 0. The fraction of sp³-hybridized carbons (Fsp3) is 0.750. The highest BCUT2D eigenvalue weighted by Gasteiger charge is 2.31. The lowest BCUT2D eigenvalue weighted by molar-refractivity contribution is -0.137. The maximum Gasteiger partial charge on any atom is 0.318 e. The van der Waals surface area contributed by atoms with E-state index in [4.69, 9.17) is 15.6 Å². The number of nitrogens with one attached hydrogen (secondary N) is 1. The van der Waals surface area contributed by atoms with Gasteiger partial charge in [0.15, 0.2) is 0 Å². The highest BCUT2D eigenvalue weighted by Crippen LogP contribution is 2.08. The number of morpholine rings is 1. The smallest absolute Gasteiger partial charge is 0.318 e. The van der Waals surface area contributed by atoms with Crippen molar-refractivity contribution in [3.63, 3.8) is 0 Å². The Balaban J connectivity index is 2.40. The largest absolute Gasteiger partial charge is 0.481 e. The van der Waals surface area contributed by atoms with E-state index in [1.54, 1.807) is 0 Å². The lowest BCUT2D eigenvalue weighted by Gasteiger charge is -2.33. The standard InChI is InChI=1S/C12H21N3O5/c1-8(2-3-10(16)17)6-14-12(19)15-4-5-20-7-9(15)11(13)18/h8-9H,2-7H2,1H3,(H2,13,18)(H,14,19)(H,16,17). The molecule has 0 aliphatic carbocycles. The second kappa shape index (κ2) is 7.68. The summed E-state index contributed by atoms with van der Waals surface area (Å²) in [7, 11) is 0. The van der Waals surface area contributed by atoms with Gasteiger partial charge in [-0.3, -0.25) is 9.59 Å². The minimum atomic E-state index is -0.856. The molecule has 1 aliphatic rings. The zero-order chi connectivity index (χ0) is 15.1. The molecule has 1 aliphatic heterocycles. The number of aliphatic carboxylic acids is 1. The van der Waals surface area contributed by atoms with E-state index in [-0.39, 0.29) is 25.0 Å². The quantitative estimate of drug-likeness (QED) is 0.601. The monoisotopic (exact) mass is 287 g/mol. The maximum absolute atomic E-state index is 12.0. The summed E-state index contributed by atoms with van der Waals surface area (Å²) in [5.41, 5.74) is 5.23. The molecule has 4 N–H and O–H groups in total. The maximum atomic E-state index is 12.0. The average molecular weight is 287 g/mol. The van der Waals surface area contributed by atoms with Gasteiger partial charge in [0, 0.05) is 19.5 Å². The molecule has 0 aromatic carbocycles. The molecule has 8 nitrogen and oxygen atoms in total. The third-order valence-corrected chi connectivity index (χ3v) is 3.17. The molecule has 1 saturated heterocycles. The SMILES string of the molecule is CC(CCC(=O)O)CNC(=O)N1CCOCC1C(N)=O. The third kappa shape index (κ3) is 5.04. The zero-order valence-electron chi connectivity index (χ0n) is 11.5. The van der Waals surface area contributed by atoms with Crippen LogP contribution in [0.4, 0.5) is 4.79 Å². The van der Waals surface area contributed by atoms with Crippen molar-refractivity contribution < 1.29 is 24.2 Å². The number of hydrogen-bond donors (Lipinski definition) is 3. The van der Waals surface area contributed by atoms with Crippen LogP contribution in [0.1, 0.15) is 19.8 Å². The number of carboxylic acids is 1. The summed E-state index contributed by atoms with van der Waals surface area (Å²) in [5, 5.41) is 11.3. The predicted octanol–water partition coefficient (Wildman–Crippen LogP) is -0.617. The Morgan fingerprint density at radius 1 is 1.50 bits per heavy atom. The Bertz CT molecular complexity index is 374. The summed E-state index contributed by atoms with van der Waals surface area (Å²) in [6.07, 6.45) is 0.552. The Hall–Kier alpha value is -1.83. The molecule has 2 atom stereocenters. The number of hydrogen-bond acceptors (Lipinski definition) is 4. The van der Waals surface area contributed by atoms with E-state index in [0.717, 1.165) is 0 Å². The van der Waals surface area contributed by atoms with Gasteiger partial charge in [0.25, 0.3) is 0 Å². The van der Waals surface area contributed by atoms with E-state index in [1.165, 1.54) is 4.90 Å². The fourth-order valence-electron chi connectivity index (χ4n) is 1.92. The molecule has 0 aromatic heterocycles. The van der Waals surface area contributed by atoms with Crippen LogP contribution < -0.4 is 11.1 Å². The van der Waals surface area contributed by atoms with Crippen molar-refractivity contribution >= 4 is 17.9 Å². The van der Waals surface area contributed by atoms with E-state index in [1.807, 2.05) is 6.92 Å². The molecule has 0 saturated carbocycles. The van der Waals surface area contributed by atoms with Gasteiger partial charge in [-0.15, -0.1) is 0 Å². The van der Waals surface area contributed by atoms with Gasteiger partial charge in [-0.05, 0) is 12.3 Å². The van der Waals surface area contributed by atoms with E-state index in [9.17, 15) is 14.4 Å². The van der Waals surface area contributed by atoms with Crippen LogP contribution in [0.5, 0.6) is 0 Å². The van der Waals surface area contributed by atoms with Crippen molar-refractivity contribution in [2.75, 3.05) is 26.3 Å². The minimum absolute atomic E-state index is 0.0446. The molecule has 0 bridgehead atoms. The molecule has 0 aromatic rings. The van der Waals surface area contributed by atoms with Gasteiger partial charge < -0.3 is 25.8 Å². The highest BCUT2D eigenvalue weighted by atomic mass is 16.5. The normalized spacial score (nSPS) is 20.2. The first kappa shape index (κ1) is 16.2. The van der Waals surface area contributed by atoms with Crippen molar-refractivity contribution in [1.82, 2.24) is 10.2 Å². The van der Waals surface area contributed by atoms with Crippen molar-refractivity contribution in [1.29, 1.82) is 0 Å². The summed E-state index contributed by atoms with van der Waals surface area (Å²) < 4.78 is 5.13. The second-order valence-corrected chi connectivity index (χ2v) is 4.91. The Morgan fingerprint density at radius 3 is 2.80 bits per heavy atom. The van der Waals surface area contributed by atoms with Gasteiger partial charge >= 0.3 is 12.0 Å². The number of rotatable bonds is 6. The molecule has 0 spiro atoms. The molecule has 2 unspecified atom stereocenters. The van der Waals surface area contributed by atoms with Gasteiger partial charge in [-0.2, -0.15) is 0 Å². The van der Waals surface area contributed by atoms with Crippen LogP contribution >= 0.6 is 0 Å². The Labute approximate surface area is 117 Å². The molecule has 1 fully saturated rings. The van der Waals surface area contributed by atoms with Gasteiger partial charge in [0.05, 0.1) is 13.2 Å². The first-order valence-corrected chi connectivity index (χ1v) is 6.55. The fourth-order valence-corrected chi connectivity index (χ4v) is 1.92. The van der Waals surface area contributed by atoms with E-state index in [2.05, 4.69) is 5.32 Å². The summed E-state index contributed by atoms with van der Waals surface area (Å²) in [6, 6.07) is -1.13. The van der Waals surface area contributed by atoms with Crippen molar-refractivity contribution in [2.24, 2.45) is 11.7 Å². The Kier molecular flexibility index (Phi) is 6.23. The molecular weight excluding hydrogens is 266 g/mol. The van der Waals surface area contributed by atoms with Crippen molar-refractivity contribution in [3.05, 3.63) is 0 Å². The Morgan fingerprint density at radius 2 is 2.20 bits per heavy atom. The molecule has 114 valence electrons. The van der Waals surface area contributed by atoms with Gasteiger partial charge in [-0.1, -0.05) is 6.92 Å². The zero-order valence-corrected chi connectivity index (χ0v) is 11.5.